The number of aromatic nitrogens is 1. The largest absolute Gasteiger partial charge is 0.462 e. The van der Waals surface area contributed by atoms with Crippen molar-refractivity contribution in [2.75, 3.05) is 12.3 Å². The molecule has 1 aromatic rings. The highest BCUT2D eigenvalue weighted by Gasteiger charge is 2.22. The third kappa shape index (κ3) is 2.39. The fourth-order valence-corrected chi connectivity index (χ4v) is 1.10. The van der Waals surface area contributed by atoms with Gasteiger partial charge in [0.25, 0.3) is 6.43 Å². The molecule has 0 aromatic carbocycles. The minimum atomic E-state index is -2.81. The molecule has 2 N–H and O–H groups in total. The number of carbonyl (C=O) groups excluding carboxylic acids is 1. The molecule has 0 amide bonds. The molecule has 82 valence electrons. The van der Waals surface area contributed by atoms with E-state index in [0.717, 1.165) is 12.4 Å². The first-order valence-corrected chi connectivity index (χ1v) is 4.26. The van der Waals surface area contributed by atoms with Gasteiger partial charge in [-0.1, -0.05) is 0 Å². The van der Waals surface area contributed by atoms with Gasteiger partial charge in [0.05, 0.1) is 29.6 Å². The molecule has 0 radical (unpaired) electrons. The van der Waals surface area contributed by atoms with Crippen molar-refractivity contribution in [3.05, 3.63) is 23.5 Å². The van der Waals surface area contributed by atoms with E-state index >= 15 is 0 Å². The molecule has 0 atom stereocenters. The van der Waals surface area contributed by atoms with Gasteiger partial charge in [-0.3, -0.25) is 4.98 Å². The lowest BCUT2D eigenvalue weighted by atomic mass is 10.1. The van der Waals surface area contributed by atoms with E-state index in [1.165, 1.54) is 0 Å². The summed E-state index contributed by atoms with van der Waals surface area (Å²) in [5.74, 6) is -0.854. The number of hydrogen-bond donors (Lipinski definition) is 1. The highest BCUT2D eigenvalue weighted by atomic mass is 19.3. The summed E-state index contributed by atoms with van der Waals surface area (Å²) in [7, 11) is 0. The quantitative estimate of drug-likeness (QED) is 0.782. The smallest absolute Gasteiger partial charge is 0.340 e. The predicted molar refractivity (Wildman–Crippen MR) is 49.6 cm³/mol. The van der Waals surface area contributed by atoms with Gasteiger partial charge in [0.15, 0.2) is 0 Å². The normalized spacial score (nSPS) is 10.4. The Kier molecular flexibility index (Phi) is 3.54. The molecule has 0 saturated carbocycles. The number of pyridine rings is 1. The van der Waals surface area contributed by atoms with E-state index in [9.17, 15) is 13.6 Å². The maximum atomic E-state index is 12.5. The first-order valence-electron chi connectivity index (χ1n) is 4.26. The Labute approximate surface area is 85.1 Å². The van der Waals surface area contributed by atoms with Crippen LogP contribution in [0.4, 0.5) is 14.5 Å². The number of hydrogen-bond acceptors (Lipinski definition) is 4. The Morgan fingerprint density at radius 3 is 2.80 bits per heavy atom. The number of nitrogens with zero attached hydrogens (tertiary/aromatic N) is 1. The molecule has 0 aliphatic rings. The Morgan fingerprint density at radius 1 is 1.60 bits per heavy atom. The summed E-state index contributed by atoms with van der Waals surface area (Å²) in [5.41, 5.74) is 4.48. The van der Waals surface area contributed by atoms with E-state index in [4.69, 9.17) is 5.73 Å². The molecule has 15 heavy (non-hydrogen) atoms. The maximum absolute atomic E-state index is 12.5. The van der Waals surface area contributed by atoms with Crippen molar-refractivity contribution < 1.29 is 18.3 Å². The predicted octanol–water partition coefficient (Wildman–Crippen LogP) is 1.78. The third-order valence-corrected chi connectivity index (χ3v) is 1.72. The van der Waals surface area contributed by atoms with Crippen molar-refractivity contribution in [3.8, 4) is 0 Å². The minimum Gasteiger partial charge on any atom is -0.462 e. The molecule has 0 fully saturated rings. The van der Waals surface area contributed by atoms with Crippen molar-refractivity contribution in [1.29, 1.82) is 0 Å². The molecule has 1 heterocycles. The zero-order valence-corrected chi connectivity index (χ0v) is 8.04. The van der Waals surface area contributed by atoms with Gasteiger partial charge in [0.2, 0.25) is 0 Å². The van der Waals surface area contributed by atoms with Gasteiger partial charge >= 0.3 is 5.97 Å². The number of esters is 1. The third-order valence-electron chi connectivity index (χ3n) is 1.72. The Balaban J connectivity index is 3.18. The molecular weight excluding hydrogens is 206 g/mol. The highest BCUT2D eigenvalue weighted by Crippen LogP contribution is 2.26. The van der Waals surface area contributed by atoms with Crippen LogP contribution in [0.25, 0.3) is 0 Å². The number of nitrogen functional groups attached to an aromatic ring is 1. The zero-order valence-electron chi connectivity index (χ0n) is 8.04. The van der Waals surface area contributed by atoms with E-state index in [2.05, 4.69) is 9.72 Å². The summed E-state index contributed by atoms with van der Waals surface area (Å²) in [5, 5.41) is 0. The molecule has 1 aromatic heterocycles. The lowest BCUT2D eigenvalue weighted by Gasteiger charge is -2.09. The van der Waals surface area contributed by atoms with E-state index in [1.807, 2.05) is 0 Å². The molecular formula is C9H10F2N2O2. The van der Waals surface area contributed by atoms with Crippen molar-refractivity contribution >= 4 is 11.7 Å². The summed E-state index contributed by atoms with van der Waals surface area (Å²) in [6, 6.07) is 0. The van der Waals surface area contributed by atoms with Crippen LogP contribution in [0.5, 0.6) is 0 Å². The Morgan fingerprint density at radius 2 is 2.27 bits per heavy atom. The Hall–Kier alpha value is -1.72. The number of carbonyl (C=O) groups is 1. The minimum absolute atomic E-state index is 0.100. The number of rotatable bonds is 3. The second-order valence-corrected chi connectivity index (χ2v) is 2.71. The summed E-state index contributed by atoms with van der Waals surface area (Å²) < 4.78 is 29.6. The monoisotopic (exact) mass is 216 g/mol. The number of anilines is 1. The van der Waals surface area contributed by atoms with Crippen LogP contribution < -0.4 is 5.73 Å². The van der Waals surface area contributed by atoms with Gasteiger partial charge in [0, 0.05) is 6.20 Å². The van der Waals surface area contributed by atoms with E-state index < -0.39 is 18.0 Å². The number of halogens is 2. The molecule has 6 heteroatoms. The number of alkyl halides is 2. The van der Waals surface area contributed by atoms with Crippen LogP contribution in [-0.2, 0) is 4.74 Å². The number of ether oxygens (including phenoxy) is 1. The van der Waals surface area contributed by atoms with E-state index in [1.54, 1.807) is 6.92 Å². The van der Waals surface area contributed by atoms with Crippen molar-refractivity contribution in [3.63, 3.8) is 0 Å². The average Bonchev–Trinajstić information content (AvgIpc) is 2.17. The Bertz CT molecular complexity index is 369. The molecule has 0 aliphatic heterocycles. The van der Waals surface area contributed by atoms with Crippen molar-refractivity contribution in [2.45, 2.75) is 13.3 Å². The first kappa shape index (κ1) is 11.4. The first-order chi connectivity index (χ1) is 7.07. The lowest BCUT2D eigenvalue weighted by Crippen LogP contribution is -2.12. The highest BCUT2D eigenvalue weighted by molar-refractivity contribution is 5.96. The lowest BCUT2D eigenvalue weighted by molar-refractivity contribution is 0.0516. The second kappa shape index (κ2) is 4.68. The summed E-state index contributed by atoms with van der Waals surface area (Å²) >= 11 is 0. The SMILES string of the molecule is CCOC(=O)c1c(N)cncc1C(F)F. The van der Waals surface area contributed by atoms with Crippen molar-refractivity contribution in [1.82, 2.24) is 4.98 Å². The van der Waals surface area contributed by atoms with Gasteiger partial charge in [-0.25, -0.2) is 13.6 Å². The molecule has 1 rings (SSSR count). The molecule has 0 aliphatic carbocycles. The van der Waals surface area contributed by atoms with Gasteiger partial charge in [0.1, 0.15) is 0 Å². The fourth-order valence-electron chi connectivity index (χ4n) is 1.10. The summed E-state index contributed by atoms with van der Waals surface area (Å²) in [6.45, 7) is 1.68. The van der Waals surface area contributed by atoms with Crippen LogP contribution in [0.1, 0.15) is 29.3 Å². The van der Waals surface area contributed by atoms with Gasteiger partial charge in [-0.2, -0.15) is 0 Å². The van der Waals surface area contributed by atoms with Gasteiger partial charge in [-0.05, 0) is 6.92 Å². The van der Waals surface area contributed by atoms with E-state index in [0.29, 0.717) is 0 Å². The molecule has 0 spiro atoms. The van der Waals surface area contributed by atoms with Crippen LogP contribution in [0.3, 0.4) is 0 Å². The maximum Gasteiger partial charge on any atom is 0.340 e. The van der Waals surface area contributed by atoms with Gasteiger partial charge in [-0.15, -0.1) is 0 Å². The van der Waals surface area contributed by atoms with Crippen LogP contribution >= 0.6 is 0 Å². The van der Waals surface area contributed by atoms with Crippen LogP contribution in [-0.4, -0.2) is 17.6 Å². The van der Waals surface area contributed by atoms with Crippen LogP contribution in [0.2, 0.25) is 0 Å². The zero-order chi connectivity index (χ0) is 11.4. The van der Waals surface area contributed by atoms with Gasteiger partial charge < -0.3 is 10.5 Å². The summed E-state index contributed by atoms with van der Waals surface area (Å²) in [4.78, 5) is 14.8. The molecule has 0 bridgehead atoms. The second-order valence-electron chi connectivity index (χ2n) is 2.71. The molecule has 0 saturated heterocycles. The standard InChI is InChI=1S/C9H10F2N2O2/c1-2-15-9(14)7-5(8(10)11)3-13-4-6(7)12/h3-4,8H,2,12H2,1H3. The topological polar surface area (TPSA) is 65.2 Å². The van der Waals surface area contributed by atoms with Crippen LogP contribution in [0, 0.1) is 0 Å². The molecule has 0 unspecified atom stereocenters. The summed E-state index contributed by atoms with van der Waals surface area (Å²) in [6.07, 6.45) is -0.758. The van der Waals surface area contributed by atoms with Crippen molar-refractivity contribution in [2.24, 2.45) is 0 Å². The number of nitrogens with two attached hydrogens (primary N) is 1. The molecule has 4 nitrogen and oxygen atoms in total. The van der Waals surface area contributed by atoms with Crippen LogP contribution in [0.15, 0.2) is 12.4 Å². The fraction of sp³-hybridized carbons (Fsp3) is 0.333. The average molecular weight is 216 g/mol. The van der Waals surface area contributed by atoms with E-state index in [-0.39, 0.29) is 17.9 Å².